The standard InChI is InChI=1S/C29H35ClN6O4Si/c1-41(2,3)11-10-40-16-35-15-22(21-8-4-17-5-9-24(37)34-26(17)25(21)30)27-28(35)33-23(14-31-27)36-19-6-7-20(36)13-18(12-19)32-29(38)39/h4-5,8-9,14-15,18-20,32H,6-7,10-13,16H2,1-3H3,(H,34,37)(H,38,39)/t18?,19-,20+. The van der Waals surface area contributed by atoms with E-state index in [1.54, 1.807) is 6.07 Å². The highest BCUT2D eigenvalue weighted by Gasteiger charge is 2.42. The smallest absolute Gasteiger partial charge is 0.404 e. The molecule has 0 radical (unpaired) electrons. The molecular weight excluding hydrogens is 560 g/mol. The van der Waals surface area contributed by atoms with Crippen molar-refractivity contribution < 1.29 is 14.6 Å². The van der Waals surface area contributed by atoms with Crippen LogP contribution in [0.3, 0.4) is 0 Å². The molecule has 2 fully saturated rings. The number of carboxylic acid groups (broad SMARTS) is 1. The van der Waals surface area contributed by atoms with Crippen molar-refractivity contribution in [1.82, 2.24) is 24.8 Å². The van der Waals surface area contributed by atoms with Crippen LogP contribution in [0.5, 0.6) is 0 Å². The Bertz CT molecular complexity index is 1670. The van der Waals surface area contributed by atoms with Crippen molar-refractivity contribution in [2.24, 2.45) is 0 Å². The molecule has 0 saturated carbocycles. The maximum Gasteiger partial charge on any atom is 0.404 e. The molecule has 216 valence electrons. The van der Waals surface area contributed by atoms with E-state index in [1.165, 1.54) is 6.07 Å². The summed E-state index contributed by atoms with van der Waals surface area (Å²) in [7, 11) is -1.25. The number of carbonyl (C=O) groups is 1. The number of ether oxygens (including phenoxy) is 1. The Hall–Kier alpha value is -3.41. The van der Waals surface area contributed by atoms with Gasteiger partial charge >= 0.3 is 6.09 Å². The summed E-state index contributed by atoms with van der Waals surface area (Å²) in [6.45, 7) is 7.98. The SMILES string of the molecule is C[Si](C)(C)CCOCn1cc(-c2ccc3ccc(=O)[nH]c3c2Cl)c2ncc(N3[C@@H]4CC[C@H]3CC(NC(=O)O)C4)nc21. The number of nitrogens with one attached hydrogen (secondary N) is 2. The van der Waals surface area contributed by atoms with E-state index in [9.17, 15) is 14.7 Å². The molecule has 3 N–H and O–H groups in total. The second-order valence-electron chi connectivity index (χ2n) is 12.4. The molecular formula is C29H35ClN6O4Si. The Balaban J connectivity index is 1.39. The van der Waals surface area contributed by atoms with Gasteiger partial charge in [0.1, 0.15) is 18.1 Å². The van der Waals surface area contributed by atoms with Crippen molar-refractivity contribution >= 4 is 53.7 Å². The third-order valence-corrected chi connectivity index (χ3v) is 10.3. The summed E-state index contributed by atoms with van der Waals surface area (Å²) in [5.74, 6) is 0.792. The third kappa shape index (κ3) is 5.58. The Morgan fingerprint density at radius 1 is 1.17 bits per heavy atom. The lowest BCUT2D eigenvalue weighted by atomic mass is 9.97. The monoisotopic (exact) mass is 594 g/mol. The first-order valence-corrected chi connectivity index (χ1v) is 18.2. The minimum Gasteiger partial charge on any atom is -0.465 e. The summed E-state index contributed by atoms with van der Waals surface area (Å²) >= 11 is 6.87. The van der Waals surface area contributed by atoms with Crippen LogP contribution < -0.4 is 15.8 Å². The first-order chi connectivity index (χ1) is 19.6. The molecule has 2 saturated heterocycles. The van der Waals surface area contributed by atoms with Gasteiger partial charge in [0.2, 0.25) is 5.56 Å². The highest BCUT2D eigenvalue weighted by atomic mass is 35.5. The number of halogens is 1. The Kier molecular flexibility index (Phi) is 7.29. The fourth-order valence-corrected chi connectivity index (χ4v) is 7.32. The summed E-state index contributed by atoms with van der Waals surface area (Å²) in [5.41, 5.74) is 3.36. The fourth-order valence-electron chi connectivity index (χ4n) is 6.24. The summed E-state index contributed by atoms with van der Waals surface area (Å²) in [6.07, 6.45) is 6.32. The Morgan fingerprint density at radius 3 is 2.61 bits per heavy atom. The van der Waals surface area contributed by atoms with Gasteiger partial charge in [0.05, 0.1) is 16.7 Å². The zero-order chi connectivity index (χ0) is 28.9. The van der Waals surface area contributed by atoms with Gasteiger partial charge in [-0.25, -0.2) is 14.8 Å². The summed E-state index contributed by atoms with van der Waals surface area (Å²) in [6, 6.07) is 8.56. The molecule has 2 aliphatic rings. The van der Waals surface area contributed by atoms with E-state index in [1.807, 2.05) is 29.1 Å². The molecule has 12 heteroatoms. The minimum absolute atomic E-state index is 0.0466. The number of pyridine rings is 1. The predicted molar refractivity (Wildman–Crippen MR) is 164 cm³/mol. The summed E-state index contributed by atoms with van der Waals surface area (Å²) in [5, 5.41) is 13.2. The molecule has 1 aromatic carbocycles. The molecule has 41 heavy (non-hydrogen) atoms. The van der Waals surface area contributed by atoms with E-state index in [0.29, 0.717) is 35.0 Å². The summed E-state index contributed by atoms with van der Waals surface area (Å²) in [4.78, 5) is 38.5. The first-order valence-electron chi connectivity index (χ1n) is 14.1. The Labute approximate surface area is 243 Å². The molecule has 0 spiro atoms. The van der Waals surface area contributed by atoms with E-state index in [2.05, 4.69) is 34.8 Å². The molecule has 0 aliphatic carbocycles. The number of aromatic nitrogens is 4. The maximum atomic E-state index is 12.0. The van der Waals surface area contributed by atoms with Crippen molar-refractivity contribution in [1.29, 1.82) is 0 Å². The van der Waals surface area contributed by atoms with Crippen LogP contribution in [0, 0.1) is 0 Å². The van der Waals surface area contributed by atoms with Crippen molar-refractivity contribution in [2.75, 3.05) is 11.5 Å². The number of nitrogens with zero attached hydrogens (tertiary/aromatic N) is 4. The number of hydrogen-bond donors (Lipinski definition) is 3. The highest BCUT2D eigenvalue weighted by molar-refractivity contribution is 6.76. The fraction of sp³-hybridized carbons (Fsp3) is 0.448. The average Bonchev–Trinajstić information content (AvgIpc) is 3.40. The number of piperidine rings is 1. The van der Waals surface area contributed by atoms with Crippen molar-refractivity contribution in [3.8, 4) is 11.1 Å². The van der Waals surface area contributed by atoms with Gasteiger partial charge in [0.15, 0.2) is 5.65 Å². The van der Waals surface area contributed by atoms with Gasteiger partial charge in [-0.1, -0.05) is 43.4 Å². The van der Waals surface area contributed by atoms with Crippen molar-refractivity contribution in [2.45, 2.75) is 76.2 Å². The van der Waals surface area contributed by atoms with E-state index < -0.39 is 14.2 Å². The van der Waals surface area contributed by atoms with Crippen molar-refractivity contribution in [3.05, 3.63) is 52.0 Å². The van der Waals surface area contributed by atoms with Gasteiger partial charge in [0, 0.05) is 56.2 Å². The lowest BCUT2D eigenvalue weighted by Crippen LogP contribution is -2.50. The zero-order valence-corrected chi connectivity index (χ0v) is 25.2. The predicted octanol–water partition coefficient (Wildman–Crippen LogP) is 5.67. The molecule has 2 bridgehead atoms. The number of aromatic amines is 1. The van der Waals surface area contributed by atoms with Crippen molar-refractivity contribution in [3.63, 3.8) is 0 Å². The molecule has 3 atom stereocenters. The molecule has 6 rings (SSSR count). The highest BCUT2D eigenvalue weighted by Crippen LogP contribution is 2.41. The number of hydrogen-bond acceptors (Lipinski definition) is 6. The van der Waals surface area contributed by atoms with Gasteiger partial charge in [-0.15, -0.1) is 0 Å². The first kappa shape index (κ1) is 27.7. The van der Waals surface area contributed by atoms with E-state index in [0.717, 1.165) is 54.1 Å². The van der Waals surface area contributed by atoms with Crippen LogP contribution in [0.1, 0.15) is 25.7 Å². The van der Waals surface area contributed by atoms with Gasteiger partial charge < -0.3 is 29.6 Å². The van der Waals surface area contributed by atoms with Gasteiger partial charge in [0.25, 0.3) is 0 Å². The number of anilines is 1. The number of amides is 1. The summed E-state index contributed by atoms with van der Waals surface area (Å²) < 4.78 is 8.12. The van der Waals surface area contributed by atoms with Crippen LogP contribution in [0.25, 0.3) is 33.2 Å². The molecule has 2 aliphatic heterocycles. The molecule has 10 nitrogen and oxygen atoms in total. The number of rotatable bonds is 8. The maximum absolute atomic E-state index is 12.0. The molecule has 3 aromatic heterocycles. The lowest BCUT2D eigenvalue weighted by molar-refractivity contribution is 0.0899. The molecule has 5 heterocycles. The quantitative estimate of drug-likeness (QED) is 0.177. The van der Waals surface area contributed by atoms with E-state index in [-0.39, 0.29) is 23.7 Å². The zero-order valence-electron chi connectivity index (χ0n) is 23.5. The second kappa shape index (κ2) is 10.8. The molecule has 1 amide bonds. The van der Waals surface area contributed by atoms with E-state index in [4.69, 9.17) is 26.3 Å². The molecule has 4 aromatic rings. The van der Waals surface area contributed by atoms with Crippen LogP contribution in [0.15, 0.2) is 41.5 Å². The Morgan fingerprint density at radius 2 is 1.90 bits per heavy atom. The lowest BCUT2D eigenvalue weighted by Gasteiger charge is -2.39. The minimum atomic E-state index is -1.25. The van der Waals surface area contributed by atoms with Gasteiger partial charge in [-0.2, -0.15) is 0 Å². The molecule has 1 unspecified atom stereocenters. The number of H-pyrrole nitrogens is 1. The van der Waals surface area contributed by atoms with Crippen LogP contribution in [-0.2, 0) is 11.5 Å². The van der Waals surface area contributed by atoms with Crippen LogP contribution in [-0.4, -0.2) is 63.5 Å². The van der Waals surface area contributed by atoms with Crippen LogP contribution in [0.4, 0.5) is 10.6 Å². The number of benzene rings is 1. The normalized spacial score (nSPS) is 20.7. The topological polar surface area (TPSA) is 125 Å². The largest absolute Gasteiger partial charge is 0.465 e. The average molecular weight is 595 g/mol. The van der Waals surface area contributed by atoms with Crippen LogP contribution >= 0.6 is 11.6 Å². The number of fused-ring (bicyclic) bond motifs is 4. The van der Waals surface area contributed by atoms with Crippen LogP contribution in [0.2, 0.25) is 30.7 Å². The second-order valence-corrected chi connectivity index (χ2v) is 18.4. The van der Waals surface area contributed by atoms with E-state index >= 15 is 0 Å². The van der Waals surface area contributed by atoms with Gasteiger partial charge in [-0.05, 0) is 43.2 Å². The van der Waals surface area contributed by atoms with Gasteiger partial charge in [-0.3, -0.25) is 4.79 Å². The third-order valence-electron chi connectivity index (χ3n) is 8.23.